The van der Waals surface area contributed by atoms with Gasteiger partial charge < -0.3 is 25.9 Å². The third-order valence-electron chi connectivity index (χ3n) is 5.83. The minimum atomic E-state index is -0.246. The Kier molecular flexibility index (Phi) is 6.13. The van der Waals surface area contributed by atoms with Crippen molar-refractivity contribution in [1.82, 2.24) is 15.3 Å². The highest BCUT2D eigenvalue weighted by Gasteiger charge is 2.29. The van der Waals surface area contributed by atoms with Crippen LogP contribution in [0.2, 0.25) is 0 Å². The molecule has 0 aliphatic carbocycles. The van der Waals surface area contributed by atoms with Crippen molar-refractivity contribution in [3.63, 3.8) is 0 Å². The number of nitrogens with zero attached hydrogens (tertiary/aromatic N) is 4. The second kappa shape index (κ2) is 9.13. The smallest absolute Gasteiger partial charge is 0.166 e. The molecule has 1 aromatic carbocycles. The fourth-order valence-electron chi connectivity index (χ4n) is 4.01. The van der Waals surface area contributed by atoms with Gasteiger partial charge in [0.2, 0.25) is 0 Å². The number of benzene rings is 1. The average molecular weight is 408 g/mol. The number of carbonyl (C=O) groups is 1. The van der Waals surface area contributed by atoms with Crippen molar-refractivity contribution in [2.45, 2.75) is 25.6 Å². The molecular weight excluding hydrogens is 378 g/mol. The highest BCUT2D eigenvalue weighted by molar-refractivity contribution is 5.96. The molecule has 0 amide bonds. The summed E-state index contributed by atoms with van der Waals surface area (Å²) in [5, 5.41) is 10.6. The lowest BCUT2D eigenvalue weighted by molar-refractivity contribution is 0.0966. The fourth-order valence-corrected chi connectivity index (χ4v) is 4.01. The molecule has 3 N–H and O–H groups in total. The van der Waals surface area contributed by atoms with Crippen LogP contribution < -0.4 is 21.0 Å². The van der Waals surface area contributed by atoms with Gasteiger partial charge in [0.25, 0.3) is 0 Å². The molecule has 3 heterocycles. The number of nitrogens with one attached hydrogen (secondary N) is 3. The molecule has 1 saturated heterocycles. The number of carbonyl (C=O) groups excluding carboxylic acids is 1. The predicted octanol–water partition coefficient (Wildman–Crippen LogP) is 2.23. The van der Waals surface area contributed by atoms with Gasteiger partial charge in [-0.3, -0.25) is 4.79 Å². The van der Waals surface area contributed by atoms with Crippen LogP contribution in [-0.2, 0) is 0 Å². The number of pyridine rings is 1. The van der Waals surface area contributed by atoms with Gasteiger partial charge in [0.1, 0.15) is 12.0 Å². The summed E-state index contributed by atoms with van der Waals surface area (Å²) in [5.74, 6) is 0.949. The lowest BCUT2D eigenvalue weighted by Crippen LogP contribution is -2.46. The number of hydrazone groups is 1. The summed E-state index contributed by atoms with van der Waals surface area (Å²) < 4.78 is 0. The van der Waals surface area contributed by atoms with Crippen LogP contribution in [0.25, 0.3) is 0 Å². The van der Waals surface area contributed by atoms with Gasteiger partial charge in [0.15, 0.2) is 5.78 Å². The van der Waals surface area contributed by atoms with E-state index in [0.717, 1.165) is 49.9 Å². The van der Waals surface area contributed by atoms with Crippen LogP contribution in [0.15, 0.2) is 47.7 Å². The molecule has 1 fully saturated rings. The van der Waals surface area contributed by atoms with Crippen LogP contribution in [0.1, 0.15) is 23.7 Å². The molecule has 0 spiro atoms. The molecule has 0 radical (unpaired) electrons. The Labute approximate surface area is 177 Å². The van der Waals surface area contributed by atoms with E-state index in [9.17, 15) is 4.79 Å². The largest absolute Gasteiger partial charge is 0.362 e. The molecule has 2 aliphatic rings. The molecule has 0 bridgehead atoms. The first-order valence-corrected chi connectivity index (χ1v) is 10.5. The average Bonchev–Trinajstić information content (AvgIpc) is 3.23. The van der Waals surface area contributed by atoms with E-state index < -0.39 is 0 Å². The number of aromatic nitrogens is 1. The van der Waals surface area contributed by atoms with Crippen molar-refractivity contribution in [1.29, 1.82) is 0 Å². The zero-order chi connectivity index (χ0) is 20.9. The van der Waals surface area contributed by atoms with Crippen LogP contribution in [-0.4, -0.2) is 67.3 Å². The molecule has 2 aliphatic heterocycles. The van der Waals surface area contributed by atoms with Gasteiger partial charge in [0, 0.05) is 51.1 Å². The quantitative estimate of drug-likeness (QED) is 0.352. The Morgan fingerprint density at radius 3 is 2.47 bits per heavy atom. The number of ketones is 1. The van der Waals surface area contributed by atoms with Gasteiger partial charge in [-0.05, 0) is 30.8 Å². The number of fused-ring (bicyclic) bond motifs is 1. The first-order valence-electron chi connectivity index (χ1n) is 10.5. The Balaban J connectivity index is 1.38. The van der Waals surface area contributed by atoms with E-state index in [2.05, 4.69) is 49.6 Å². The van der Waals surface area contributed by atoms with Crippen LogP contribution in [0.5, 0.6) is 0 Å². The maximum atomic E-state index is 12.9. The molecule has 4 rings (SSSR count). The monoisotopic (exact) mass is 407 g/mol. The first-order chi connectivity index (χ1) is 14.7. The molecule has 1 atom stereocenters. The van der Waals surface area contributed by atoms with Crippen molar-refractivity contribution in [2.24, 2.45) is 5.10 Å². The topological polar surface area (TPSA) is 84.9 Å². The van der Waals surface area contributed by atoms with Crippen molar-refractivity contribution < 1.29 is 4.79 Å². The number of rotatable bonds is 8. The molecule has 1 unspecified atom stereocenters. The number of hydrogen-bond donors (Lipinski definition) is 3. The minimum Gasteiger partial charge on any atom is -0.362 e. The van der Waals surface area contributed by atoms with Gasteiger partial charge in [-0.15, -0.1) is 0 Å². The number of piperazine rings is 1. The van der Waals surface area contributed by atoms with Crippen LogP contribution >= 0.6 is 0 Å². The van der Waals surface area contributed by atoms with Crippen LogP contribution in [0.3, 0.4) is 0 Å². The Morgan fingerprint density at radius 1 is 1.20 bits per heavy atom. The maximum absolute atomic E-state index is 12.9. The number of para-hydroxylation sites is 2. The summed E-state index contributed by atoms with van der Waals surface area (Å²) in [6.07, 6.45) is 1.80. The Morgan fingerprint density at radius 2 is 1.90 bits per heavy atom. The van der Waals surface area contributed by atoms with Gasteiger partial charge in [-0.25, -0.2) is 4.98 Å². The third-order valence-corrected chi connectivity index (χ3v) is 5.83. The summed E-state index contributed by atoms with van der Waals surface area (Å²) in [6.45, 7) is 10.8. The summed E-state index contributed by atoms with van der Waals surface area (Å²) in [6, 6.07) is 11.5. The normalized spacial score (nSPS) is 17.6. The van der Waals surface area contributed by atoms with E-state index >= 15 is 0 Å². The summed E-state index contributed by atoms with van der Waals surface area (Å²) in [5.41, 5.74) is 5.60. The van der Waals surface area contributed by atoms with Gasteiger partial charge in [-0.2, -0.15) is 5.10 Å². The van der Waals surface area contributed by atoms with Crippen molar-refractivity contribution in [3.05, 3.63) is 48.2 Å². The number of likely N-dealkylation sites (N-methyl/N-ethyl adjacent to an activating group) is 1. The van der Waals surface area contributed by atoms with Crippen LogP contribution in [0.4, 0.5) is 17.2 Å². The summed E-state index contributed by atoms with van der Waals surface area (Å²) in [7, 11) is 0. The van der Waals surface area contributed by atoms with Crippen molar-refractivity contribution in [3.8, 4) is 0 Å². The van der Waals surface area contributed by atoms with Gasteiger partial charge >= 0.3 is 0 Å². The molecule has 8 heteroatoms. The molecular formula is C22H29N7O. The van der Waals surface area contributed by atoms with Crippen molar-refractivity contribution >= 4 is 29.7 Å². The number of anilines is 3. The van der Waals surface area contributed by atoms with E-state index in [-0.39, 0.29) is 24.4 Å². The zero-order valence-corrected chi connectivity index (χ0v) is 17.3. The molecule has 158 valence electrons. The van der Waals surface area contributed by atoms with Crippen LogP contribution in [0, 0.1) is 0 Å². The highest BCUT2D eigenvalue weighted by atomic mass is 16.1. The number of Topliss-reactive ketones (excluding diaryl/α,β-unsaturated/α-hetero) is 1. The number of hydrogen-bond acceptors (Lipinski definition) is 8. The molecule has 0 saturated carbocycles. The minimum absolute atomic E-state index is 0.0190. The highest BCUT2D eigenvalue weighted by Crippen LogP contribution is 2.30. The maximum Gasteiger partial charge on any atom is 0.166 e. The second-order valence-corrected chi connectivity index (χ2v) is 7.66. The third kappa shape index (κ3) is 4.38. The SMILES string of the molecule is C=NNC(CC(=O)c1ccc(N2CCN(CC)CC2)nc1)C1Nc2ccccc2N1. The van der Waals surface area contributed by atoms with Gasteiger partial charge in [-0.1, -0.05) is 19.1 Å². The van der Waals surface area contributed by atoms with E-state index in [1.54, 1.807) is 6.20 Å². The van der Waals surface area contributed by atoms with Crippen molar-refractivity contribution in [2.75, 3.05) is 48.3 Å². The second-order valence-electron chi connectivity index (χ2n) is 7.66. The summed E-state index contributed by atoms with van der Waals surface area (Å²) in [4.78, 5) is 22.2. The molecule has 8 nitrogen and oxygen atoms in total. The first kappa shape index (κ1) is 20.2. The fraction of sp³-hybridized carbons (Fsp3) is 0.409. The van der Waals surface area contributed by atoms with Gasteiger partial charge in [0.05, 0.1) is 17.4 Å². The predicted molar refractivity (Wildman–Crippen MR) is 121 cm³/mol. The molecule has 2 aromatic rings. The Hall–Kier alpha value is -3.13. The van der Waals surface area contributed by atoms with E-state index in [1.807, 2.05) is 36.4 Å². The molecule has 1 aromatic heterocycles. The van der Waals surface area contributed by atoms with E-state index in [0.29, 0.717) is 5.56 Å². The standard InChI is InChI=1S/C22H29N7O/c1-3-28-10-12-29(13-11-28)21-9-8-16(15-24-21)20(30)14-19(27-23-2)22-25-17-6-4-5-7-18(17)26-22/h4-9,15,19,22,25-27H,2-3,10-14H2,1H3. The molecule has 30 heavy (non-hydrogen) atoms. The lowest BCUT2D eigenvalue weighted by atomic mass is 10.0. The zero-order valence-electron chi connectivity index (χ0n) is 17.3. The van der Waals surface area contributed by atoms with E-state index in [4.69, 9.17) is 0 Å². The lowest BCUT2D eigenvalue weighted by Gasteiger charge is -2.34. The van der Waals surface area contributed by atoms with E-state index in [1.165, 1.54) is 0 Å². The Bertz CT molecular complexity index is 852. The summed E-state index contributed by atoms with van der Waals surface area (Å²) >= 11 is 0.